The topological polar surface area (TPSA) is 66.8 Å². The van der Waals surface area contributed by atoms with Gasteiger partial charge in [0, 0.05) is 6.42 Å². The van der Waals surface area contributed by atoms with Crippen LogP contribution in [0.25, 0.3) is 0 Å². The molecule has 0 aliphatic heterocycles. The third-order valence-corrected chi connectivity index (χ3v) is 1.95. The minimum atomic E-state index is -1.01. The maximum atomic E-state index is 10.8. The van der Waals surface area contributed by atoms with Crippen LogP contribution in [0.2, 0.25) is 0 Å². The van der Waals surface area contributed by atoms with Crippen molar-refractivity contribution in [3.63, 3.8) is 0 Å². The lowest BCUT2D eigenvalue weighted by molar-refractivity contribution is -0.150. The first kappa shape index (κ1) is 11.7. The van der Waals surface area contributed by atoms with Crippen molar-refractivity contribution in [1.29, 1.82) is 0 Å². The molecule has 0 saturated heterocycles. The Balaban J connectivity index is 2.55. The molecule has 0 aromatic heterocycles. The number of rotatable bonds is 6. The first-order valence-electron chi connectivity index (χ1n) is 4.73. The highest BCUT2D eigenvalue weighted by Gasteiger charge is 2.17. The Labute approximate surface area is 88.1 Å². The number of hydrogen-bond acceptors (Lipinski definition) is 3. The molecule has 0 amide bonds. The summed E-state index contributed by atoms with van der Waals surface area (Å²) in [5.41, 5.74) is 0.905. The normalized spacial score (nSPS) is 12.3. The summed E-state index contributed by atoms with van der Waals surface area (Å²) in [6.07, 6.45) is -0.574. The highest BCUT2D eigenvalue weighted by molar-refractivity contribution is 5.72. The second kappa shape index (κ2) is 6.16. The fourth-order valence-electron chi connectivity index (χ4n) is 1.24. The van der Waals surface area contributed by atoms with E-state index in [0.29, 0.717) is 6.42 Å². The van der Waals surface area contributed by atoms with Crippen molar-refractivity contribution in [3.05, 3.63) is 35.9 Å². The van der Waals surface area contributed by atoms with Gasteiger partial charge in [-0.25, -0.2) is 4.79 Å². The molecule has 82 valence electrons. The molecule has 0 aliphatic carbocycles. The first-order chi connectivity index (χ1) is 7.24. The predicted molar refractivity (Wildman–Crippen MR) is 54.6 cm³/mol. The van der Waals surface area contributed by atoms with Crippen molar-refractivity contribution >= 4 is 5.97 Å². The van der Waals surface area contributed by atoms with Gasteiger partial charge in [-0.2, -0.15) is 0 Å². The summed E-state index contributed by atoms with van der Waals surface area (Å²) in [5, 5.41) is 17.4. The van der Waals surface area contributed by atoms with Crippen molar-refractivity contribution in [1.82, 2.24) is 0 Å². The van der Waals surface area contributed by atoms with Gasteiger partial charge in [-0.15, -0.1) is 0 Å². The van der Waals surface area contributed by atoms with Gasteiger partial charge in [-0.1, -0.05) is 30.3 Å². The van der Waals surface area contributed by atoms with Gasteiger partial charge in [0.1, 0.15) is 0 Å². The maximum absolute atomic E-state index is 10.8. The zero-order valence-electron chi connectivity index (χ0n) is 8.30. The zero-order chi connectivity index (χ0) is 11.1. The highest BCUT2D eigenvalue weighted by Crippen LogP contribution is 2.06. The number of benzene rings is 1. The van der Waals surface area contributed by atoms with Gasteiger partial charge in [0.15, 0.2) is 6.10 Å². The van der Waals surface area contributed by atoms with Crippen LogP contribution in [0.5, 0.6) is 0 Å². The van der Waals surface area contributed by atoms with E-state index in [1.54, 1.807) is 0 Å². The molecular weight excluding hydrogens is 196 g/mol. The van der Waals surface area contributed by atoms with E-state index < -0.39 is 12.1 Å². The summed E-state index contributed by atoms with van der Waals surface area (Å²) in [6, 6.07) is 9.25. The number of ether oxygens (including phenoxy) is 1. The second-order valence-corrected chi connectivity index (χ2v) is 3.11. The van der Waals surface area contributed by atoms with Crippen LogP contribution in [0.1, 0.15) is 5.56 Å². The Morgan fingerprint density at radius 2 is 2.00 bits per heavy atom. The fraction of sp³-hybridized carbons (Fsp3) is 0.364. The molecule has 4 heteroatoms. The van der Waals surface area contributed by atoms with E-state index in [9.17, 15) is 4.79 Å². The number of carbonyl (C=O) groups is 1. The van der Waals surface area contributed by atoms with Crippen LogP contribution in [0.4, 0.5) is 0 Å². The van der Waals surface area contributed by atoms with Crippen molar-refractivity contribution in [2.45, 2.75) is 12.5 Å². The van der Waals surface area contributed by atoms with Gasteiger partial charge < -0.3 is 14.9 Å². The van der Waals surface area contributed by atoms with Gasteiger partial charge in [0.2, 0.25) is 0 Å². The molecule has 0 aliphatic rings. The second-order valence-electron chi connectivity index (χ2n) is 3.11. The molecule has 0 saturated carbocycles. The van der Waals surface area contributed by atoms with Crippen LogP contribution in [-0.2, 0) is 16.0 Å². The number of carboxylic acids is 1. The summed E-state index contributed by atoms with van der Waals surface area (Å²) in [6.45, 7) is -0.123. The highest BCUT2D eigenvalue weighted by atomic mass is 16.5. The third kappa shape index (κ3) is 4.10. The molecule has 0 fully saturated rings. The van der Waals surface area contributed by atoms with E-state index in [1.165, 1.54) is 0 Å². The number of hydrogen-bond donors (Lipinski definition) is 2. The minimum absolute atomic E-state index is 0.0454. The van der Waals surface area contributed by atoms with Crippen LogP contribution >= 0.6 is 0 Å². The lowest BCUT2D eigenvalue weighted by atomic mass is 10.1. The molecule has 2 N–H and O–H groups in total. The largest absolute Gasteiger partial charge is 0.479 e. The monoisotopic (exact) mass is 210 g/mol. The van der Waals surface area contributed by atoms with Crippen molar-refractivity contribution < 1.29 is 19.7 Å². The van der Waals surface area contributed by atoms with E-state index in [-0.39, 0.29) is 13.2 Å². The van der Waals surface area contributed by atoms with Gasteiger partial charge in [0.05, 0.1) is 13.2 Å². The predicted octanol–water partition coefficient (Wildman–Crippen LogP) is 0.691. The molecule has 0 heterocycles. The van der Waals surface area contributed by atoms with Crippen molar-refractivity contribution in [2.24, 2.45) is 0 Å². The quantitative estimate of drug-likeness (QED) is 0.725. The summed E-state index contributed by atoms with van der Waals surface area (Å²) in [5.74, 6) is -1.01. The molecule has 1 atom stereocenters. The van der Waals surface area contributed by atoms with Gasteiger partial charge in [0.25, 0.3) is 0 Å². The summed E-state index contributed by atoms with van der Waals surface area (Å²) in [4.78, 5) is 10.8. The molecular formula is C11H14O4. The Kier molecular flexibility index (Phi) is 4.80. The Bertz CT molecular complexity index is 297. The van der Waals surface area contributed by atoms with Crippen LogP contribution in [0.15, 0.2) is 30.3 Å². The zero-order valence-corrected chi connectivity index (χ0v) is 8.30. The fourth-order valence-corrected chi connectivity index (χ4v) is 1.24. The molecule has 0 bridgehead atoms. The summed E-state index contributed by atoms with van der Waals surface area (Å²) >= 11 is 0. The molecule has 1 aromatic rings. The number of aliphatic carboxylic acids is 1. The molecule has 0 radical (unpaired) electrons. The van der Waals surface area contributed by atoms with E-state index in [4.69, 9.17) is 14.9 Å². The average molecular weight is 210 g/mol. The van der Waals surface area contributed by atoms with Gasteiger partial charge in [-0.3, -0.25) is 0 Å². The van der Waals surface area contributed by atoms with E-state index in [1.807, 2.05) is 30.3 Å². The maximum Gasteiger partial charge on any atom is 0.333 e. The van der Waals surface area contributed by atoms with Gasteiger partial charge >= 0.3 is 5.97 Å². The molecule has 0 spiro atoms. The lowest BCUT2D eigenvalue weighted by Crippen LogP contribution is -2.27. The number of aliphatic hydroxyl groups excluding tert-OH is 1. The van der Waals surface area contributed by atoms with Gasteiger partial charge in [-0.05, 0) is 5.56 Å². The molecule has 1 unspecified atom stereocenters. The Morgan fingerprint density at radius 1 is 1.33 bits per heavy atom. The third-order valence-electron chi connectivity index (χ3n) is 1.95. The molecule has 1 aromatic carbocycles. The first-order valence-corrected chi connectivity index (χ1v) is 4.73. The Hall–Kier alpha value is -1.39. The van der Waals surface area contributed by atoms with Crippen LogP contribution in [0.3, 0.4) is 0 Å². The SMILES string of the molecule is O=C(O)C(Cc1ccccc1)OCCO. The summed E-state index contributed by atoms with van der Waals surface area (Å²) < 4.78 is 5.01. The minimum Gasteiger partial charge on any atom is -0.479 e. The van der Waals surface area contributed by atoms with E-state index in [2.05, 4.69) is 0 Å². The van der Waals surface area contributed by atoms with Crippen LogP contribution < -0.4 is 0 Å². The van der Waals surface area contributed by atoms with E-state index in [0.717, 1.165) is 5.56 Å². The van der Waals surface area contributed by atoms with Crippen LogP contribution in [0, 0.1) is 0 Å². The molecule has 4 nitrogen and oxygen atoms in total. The average Bonchev–Trinajstić information content (AvgIpc) is 2.25. The molecule has 1 rings (SSSR count). The van der Waals surface area contributed by atoms with Crippen LogP contribution in [-0.4, -0.2) is 35.5 Å². The Morgan fingerprint density at radius 3 is 2.53 bits per heavy atom. The smallest absolute Gasteiger partial charge is 0.333 e. The van der Waals surface area contributed by atoms with Crippen molar-refractivity contribution in [2.75, 3.05) is 13.2 Å². The standard InChI is InChI=1S/C11H14O4/c12-6-7-15-10(11(13)14)8-9-4-2-1-3-5-9/h1-5,10,12H,6-8H2,(H,13,14). The summed E-state index contributed by atoms with van der Waals surface area (Å²) in [7, 11) is 0. The number of carboxylic acid groups (broad SMARTS) is 1. The lowest BCUT2D eigenvalue weighted by Gasteiger charge is -2.12. The van der Waals surface area contributed by atoms with E-state index >= 15 is 0 Å². The molecule has 15 heavy (non-hydrogen) atoms. The van der Waals surface area contributed by atoms with Crippen molar-refractivity contribution in [3.8, 4) is 0 Å². The number of aliphatic hydroxyl groups is 1.